The SMILES string of the molecule is CCc1ccc2nc(-c3csnn3)[nH]c2c1. The minimum Gasteiger partial charge on any atom is -0.337 e. The molecule has 2 heterocycles. The highest BCUT2D eigenvalue weighted by Gasteiger charge is 2.07. The molecule has 0 radical (unpaired) electrons. The number of hydrogen-bond acceptors (Lipinski definition) is 4. The van der Waals surface area contributed by atoms with Crippen LogP contribution in [0.5, 0.6) is 0 Å². The third-order valence-electron chi connectivity index (χ3n) is 2.56. The van der Waals surface area contributed by atoms with E-state index in [0.717, 1.165) is 29.0 Å². The lowest BCUT2D eigenvalue weighted by molar-refractivity contribution is 1.13. The molecule has 0 saturated carbocycles. The predicted octanol–water partition coefficient (Wildman–Crippen LogP) is 2.64. The van der Waals surface area contributed by atoms with E-state index in [0.29, 0.717) is 0 Å². The van der Waals surface area contributed by atoms with E-state index >= 15 is 0 Å². The van der Waals surface area contributed by atoms with Gasteiger partial charge in [0.2, 0.25) is 0 Å². The summed E-state index contributed by atoms with van der Waals surface area (Å²) < 4.78 is 3.83. The fourth-order valence-corrected chi connectivity index (χ4v) is 2.11. The number of aromatic nitrogens is 4. The number of hydrogen-bond donors (Lipinski definition) is 1. The molecule has 80 valence electrons. The number of fused-ring (bicyclic) bond motifs is 1. The van der Waals surface area contributed by atoms with Gasteiger partial charge in [-0.1, -0.05) is 17.5 Å². The van der Waals surface area contributed by atoms with Crippen molar-refractivity contribution < 1.29 is 0 Å². The maximum Gasteiger partial charge on any atom is 0.160 e. The Bertz CT molecular complexity index is 612. The van der Waals surface area contributed by atoms with Gasteiger partial charge in [-0.3, -0.25) is 0 Å². The van der Waals surface area contributed by atoms with Crippen LogP contribution in [0.25, 0.3) is 22.6 Å². The topological polar surface area (TPSA) is 54.5 Å². The molecule has 0 atom stereocenters. The first-order valence-electron chi connectivity index (χ1n) is 5.13. The van der Waals surface area contributed by atoms with Crippen LogP contribution < -0.4 is 0 Å². The van der Waals surface area contributed by atoms with E-state index in [4.69, 9.17) is 0 Å². The van der Waals surface area contributed by atoms with Crippen LogP contribution in [0.4, 0.5) is 0 Å². The molecule has 0 aliphatic carbocycles. The van der Waals surface area contributed by atoms with Crippen molar-refractivity contribution in [2.24, 2.45) is 0 Å². The molecule has 3 rings (SSSR count). The van der Waals surface area contributed by atoms with E-state index in [-0.39, 0.29) is 0 Å². The fourth-order valence-electron chi connectivity index (χ4n) is 1.67. The molecule has 5 heteroatoms. The van der Waals surface area contributed by atoms with E-state index < -0.39 is 0 Å². The lowest BCUT2D eigenvalue weighted by Crippen LogP contribution is -1.79. The Balaban J connectivity index is 2.16. The molecule has 0 bridgehead atoms. The van der Waals surface area contributed by atoms with E-state index in [1.54, 1.807) is 0 Å². The number of nitrogens with one attached hydrogen (secondary N) is 1. The summed E-state index contributed by atoms with van der Waals surface area (Å²) in [5.41, 5.74) is 4.14. The lowest BCUT2D eigenvalue weighted by Gasteiger charge is -1.93. The predicted molar refractivity (Wildman–Crippen MR) is 64.4 cm³/mol. The minimum absolute atomic E-state index is 0.789. The molecule has 0 saturated heterocycles. The van der Waals surface area contributed by atoms with Crippen molar-refractivity contribution in [1.82, 2.24) is 19.6 Å². The third kappa shape index (κ3) is 1.49. The zero-order valence-corrected chi connectivity index (χ0v) is 9.58. The molecular formula is C11H10N4S. The Labute approximate surface area is 96.5 Å². The second-order valence-electron chi connectivity index (χ2n) is 3.58. The molecule has 0 fully saturated rings. The zero-order valence-electron chi connectivity index (χ0n) is 8.77. The van der Waals surface area contributed by atoms with Gasteiger partial charge in [0, 0.05) is 5.38 Å². The third-order valence-corrected chi connectivity index (χ3v) is 3.06. The van der Waals surface area contributed by atoms with Crippen LogP contribution >= 0.6 is 11.5 Å². The summed E-state index contributed by atoms with van der Waals surface area (Å²) in [5.74, 6) is 0.789. The van der Waals surface area contributed by atoms with Gasteiger partial charge < -0.3 is 4.98 Å². The summed E-state index contributed by atoms with van der Waals surface area (Å²) >= 11 is 1.33. The van der Waals surface area contributed by atoms with Crippen LogP contribution in [0.3, 0.4) is 0 Å². The van der Waals surface area contributed by atoms with Gasteiger partial charge in [-0.05, 0) is 35.6 Å². The average Bonchev–Trinajstić information content (AvgIpc) is 2.96. The Hall–Kier alpha value is -1.75. The Morgan fingerprint density at radius 2 is 2.31 bits per heavy atom. The number of nitrogens with zero attached hydrogens (tertiary/aromatic N) is 3. The maximum absolute atomic E-state index is 4.48. The van der Waals surface area contributed by atoms with Crippen LogP contribution in [0.15, 0.2) is 23.6 Å². The monoisotopic (exact) mass is 230 g/mol. The quantitative estimate of drug-likeness (QED) is 0.736. The molecule has 2 aromatic heterocycles. The molecule has 1 N–H and O–H groups in total. The molecular weight excluding hydrogens is 220 g/mol. The Morgan fingerprint density at radius 1 is 1.38 bits per heavy atom. The number of aryl methyl sites for hydroxylation is 1. The summed E-state index contributed by atoms with van der Waals surface area (Å²) in [7, 11) is 0. The Morgan fingerprint density at radius 3 is 3.06 bits per heavy atom. The van der Waals surface area contributed by atoms with Crippen molar-refractivity contribution in [2.45, 2.75) is 13.3 Å². The van der Waals surface area contributed by atoms with Crippen LogP contribution in [-0.4, -0.2) is 19.6 Å². The maximum atomic E-state index is 4.48. The van der Waals surface area contributed by atoms with Crippen molar-refractivity contribution in [1.29, 1.82) is 0 Å². The Kier molecular flexibility index (Phi) is 2.18. The standard InChI is InChI=1S/C11H10N4S/c1-2-7-3-4-8-9(5-7)13-11(12-8)10-6-16-15-14-10/h3-6H,2H2,1H3,(H,12,13). The fraction of sp³-hybridized carbons (Fsp3) is 0.182. The molecule has 0 aliphatic heterocycles. The normalized spacial score (nSPS) is 11.1. The van der Waals surface area contributed by atoms with Crippen LogP contribution in [0, 0.1) is 0 Å². The largest absolute Gasteiger partial charge is 0.337 e. The van der Waals surface area contributed by atoms with Gasteiger partial charge in [-0.2, -0.15) is 0 Å². The number of benzene rings is 1. The summed E-state index contributed by atoms with van der Waals surface area (Å²) in [6.45, 7) is 2.14. The van der Waals surface area contributed by atoms with Crippen LogP contribution in [-0.2, 0) is 6.42 Å². The molecule has 0 amide bonds. The van der Waals surface area contributed by atoms with E-state index in [9.17, 15) is 0 Å². The highest BCUT2D eigenvalue weighted by molar-refractivity contribution is 7.03. The first-order valence-corrected chi connectivity index (χ1v) is 5.96. The van der Waals surface area contributed by atoms with E-state index in [1.807, 2.05) is 11.4 Å². The molecule has 0 spiro atoms. The number of aromatic amines is 1. The first-order chi connectivity index (χ1) is 7.86. The number of H-pyrrole nitrogens is 1. The van der Waals surface area contributed by atoms with Gasteiger partial charge in [-0.25, -0.2) is 4.98 Å². The van der Waals surface area contributed by atoms with Gasteiger partial charge in [0.05, 0.1) is 11.0 Å². The van der Waals surface area contributed by atoms with Gasteiger partial charge in [0.1, 0.15) is 5.69 Å². The van der Waals surface area contributed by atoms with Crippen molar-refractivity contribution >= 4 is 22.6 Å². The highest BCUT2D eigenvalue weighted by Crippen LogP contribution is 2.20. The summed E-state index contributed by atoms with van der Waals surface area (Å²) in [4.78, 5) is 7.74. The van der Waals surface area contributed by atoms with Gasteiger partial charge in [0.25, 0.3) is 0 Å². The molecule has 1 aromatic carbocycles. The molecule has 0 aliphatic rings. The number of imidazole rings is 1. The zero-order chi connectivity index (χ0) is 11.0. The minimum atomic E-state index is 0.789. The van der Waals surface area contributed by atoms with Crippen LogP contribution in [0.2, 0.25) is 0 Å². The van der Waals surface area contributed by atoms with E-state index in [2.05, 4.69) is 38.6 Å². The van der Waals surface area contributed by atoms with Crippen molar-refractivity contribution in [3.05, 3.63) is 29.1 Å². The summed E-state index contributed by atoms with van der Waals surface area (Å²) in [6.07, 6.45) is 1.03. The molecule has 4 nitrogen and oxygen atoms in total. The molecule has 0 unspecified atom stereocenters. The van der Waals surface area contributed by atoms with Crippen molar-refractivity contribution in [2.75, 3.05) is 0 Å². The van der Waals surface area contributed by atoms with Crippen LogP contribution in [0.1, 0.15) is 12.5 Å². The van der Waals surface area contributed by atoms with Gasteiger partial charge in [0.15, 0.2) is 5.82 Å². The van der Waals surface area contributed by atoms with Crippen molar-refractivity contribution in [3.8, 4) is 11.5 Å². The summed E-state index contributed by atoms with van der Waals surface area (Å²) in [6, 6.07) is 6.27. The second kappa shape index (κ2) is 3.68. The smallest absolute Gasteiger partial charge is 0.160 e. The second-order valence-corrected chi connectivity index (χ2v) is 4.19. The number of rotatable bonds is 2. The van der Waals surface area contributed by atoms with Gasteiger partial charge >= 0.3 is 0 Å². The highest BCUT2D eigenvalue weighted by atomic mass is 32.1. The lowest BCUT2D eigenvalue weighted by atomic mass is 10.1. The summed E-state index contributed by atoms with van der Waals surface area (Å²) in [5, 5.41) is 5.89. The van der Waals surface area contributed by atoms with Crippen molar-refractivity contribution in [3.63, 3.8) is 0 Å². The molecule has 16 heavy (non-hydrogen) atoms. The van der Waals surface area contributed by atoms with E-state index in [1.165, 1.54) is 17.1 Å². The average molecular weight is 230 g/mol. The first kappa shape index (κ1) is 9.47. The molecule has 3 aromatic rings. The van der Waals surface area contributed by atoms with Gasteiger partial charge in [-0.15, -0.1) is 5.10 Å².